The lowest BCUT2D eigenvalue weighted by Gasteiger charge is -2.09. The first kappa shape index (κ1) is 25.7. The van der Waals surface area contributed by atoms with Gasteiger partial charge in [0.15, 0.2) is 0 Å². The Hall–Kier alpha value is -4.34. The van der Waals surface area contributed by atoms with Crippen molar-refractivity contribution in [2.45, 2.75) is 0 Å². The largest absolute Gasteiger partial charge is 0.423 e. The zero-order valence-corrected chi connectivity index (χ0v) is 21.7. The van der Waals surface area contributed by atoms with Crippen molar-refractivity contribution >= 4 is 57.3 Å². The summed E-state index contributed by atoms with van der Waals surface area (Å²) in [5.41, 5.74) is 3.90. The summed E-state index contributed by atoms with van der Waals surface area (Å²) in [6, 6.07) is 25.9. The topological polar surface area (TPSA) is 96.9 Å². The number of nitrogens with zero attached hydrogens (tertiary/aromatic N) is 1. The number of hydrazone groups is 1. The molecule has 2 amide bonds. The quantitative estimate of drug-likeness (QED) is 0.0935. The van der Waals surface area contributed by atoms with Gasteiger partial charge in [0, 0.05) is 14.9 Å². The number of rotatable bonds is 8. The lowest BCUT2D eigenvalue weighted by atomic mass is 10.2. The molecule has 1 aromatic heterocycles. The molecule has 4 aromatic rings. The summed E-state index contributed by atoms with van der Waals surface area (Å²) < 4.78 is 6.21. The third-order valence-corrected chi connectivity index (χ3v) is 6.18. The van der Waals surface area contributed by atoms with Crippen LogP contribution in [0.3, 0.4) is 0 Å². The van der Waals surface area contributed by atoms with Crippen molar-refractivity contribution in [2.24, 2.45) is 5.10 Å². The van der Waals surface area contributed by atoms with Crippen LogP contribution >= 0.6 is 27.3 Å². The predicted molar refractivity (Wildman–Crippen MR) is 147 cm³/mol. The smallest absolute Gasteiger partial charge is 0.343 e. The molecule has 0 saturated carbocycles. The molecule has 184 valence electrons. The zero-order chi connectivity index (χ0) is 26.0. The van der Waals surface area contributed by atoms with Crippen LogP contribution in [0.2, 0.25) is 0 Å². The fourth-order valence-corrected chi connectivity index (χ4v) is 4.18. The summed E-state index contributed by atoms with van der Waals surface area (Å²) in [6.07, 6.45) is 2.99. The molecule has 2 N–H and O–H groups in total. The second-order valence-corrected chi connectivity index (χ2v) is 9.46. The van der Waals surface area contributed by atoms with E-state index in [-0.39, 0.29) is 5.70 Å². The Balaban J connectivity index is 1.43. The number of nitrogens with one attached hydrogen (secondary N) is 2. The SMILES string of the molecule is O=C(N/N=C/c1cccc(OC(=O)c2cccc(Br)c2)c1)/C(=C\c1cccs1)NC(=O)c1ccccc1. The second kappa shape index (κ2) is 12.6. The minimum Gasteiger partial charge on any atom is -0.423 e. The highest BCUT2D eigenvalue weighted by Crippen LogP contribution is 2.17. The van der Waals surface area contributed by atoms with Crippen LogP contribution in [0, 0.1) is 0 Å². The molecule has 0 spiro atoms. The number of hydrogen-bond acceptors (Lipinski definition) is 6. The Kier molecular flexibility index (Phi) is 8.75. The predicted octanol–water partition coefficient (Wildman–Crippen LogP) is 5.65. The third kappa shape index (κ3) is 7.57. The van der Waals surface area contributed by atoms with E-state index < -0.39 is 17.8 Å². The Labute approximate surface area is 225 Å². The van der Waals surface area contributed by atoms with Crippen molar-refractivity contribution in [3.05, 3.63) is 128 Å². The van der Waals surface area contributed by atoms with Crippen molar-refractivity contribution in [3.8, 4) is 5.75 Å². The van der Waals surface area contributed by atoms with E-state index in [2.05, 4.69) is 31.8 Å². The van der Waals surface area contributed by atoms with Crippen molar-refractivity contribution < 1.29 is 19.1 Å². The van der Waals surface area contributed by atoms with Crippen LogP contribution < -0.4 is 15.5 Å². The first-order valence-corrected chi connectivity index (χ1v) is 12.7. The van der Waals surface area contributed by atoms with Crippen LogP contribution in [0.1, 0.15) is 31.2 Å². The average Bonchev–Trinajstić information content (AvgIpc) is 3.42. The van der Waals surface area contributed by atoms with Crippen molar-refractivity contribution in [1.29, 1.82) is 0 Å². The van der Waals surface area contributed by atoms with Crippen molar-refractivity contribution in [1.82, 2.24) is 10.7 Å². The van der Waals surface area contributed by atoms with E-state index in [0.29, 0.717) is 22.4 Å². The number of amides is 2. The molecule has 0 aliphatic rings. The van der Waals surface area contributed by atoms with Gasteiger partial charge in [0.05, 0.1) is 11.8 Å². The molecule has 0 aliphatic heterocycles. The minimum absolute atomic E-state index is 0.0464. The van der Waals surface area contributed by atoms with E-state index in [9.17, 15) is 14.4 Å². The first-order chi connectivity index (χ1) is 18.0. The maximum absolute atomic E-state index is 12.8. The summed E-state index contributed by atoms with van der Waals surface area (Å²) in [6.45, 7) is 0. The van der Waals surface area contributed by atoms with E-state index in [4.69, 9.17) is 4.74 Å². The van der Waals surface area contributed by atoms with Gasteiger partial charge in [-0.2, -0.15) is 5.10 Å². The molecule has 0 fully saturated rings. The van der Waals surface area contributed by atoms with Gasteiger partial charge in [0.25, 0.3) is 11.8 Å². The summed E-state index contributed by atoms with van der Waals surface area (Å²) >= 11 is 4.76. The van der Waals surface area contributed by atoms with Crippen LogP contribution in [0.25, 0.3) is 6.08 Å². The van der Waals surface area contributed by atoms with Gasteiger partial charge < -0.3 is 10.1 Å². The van der Waals surface area contributed by atoms with Crippen LogP contribution in [-0.2, 0) is 4.79 Å². The fraction of sp³-hybridized carbons (Fsp3) is 0. The van der Waals surface area contributed by atoms with Gasteiger partial charge in [-0.25, -0.2) is 10.2 Å². The van der Waals surface area contributed by atoms with E-state index in [0.717, 1.165) is 9.35 Å². The standard InChI is InChI=1S/C28H20BrN3O4S/c29-22-11-5-10-21(16-22)28(35)36-23-12-4-7-19(15-23)18-30-32-27(34)25(17-24-13-6-14-37-24)31-26(33)20-8-2-1-3-9-20/h1-18H,(H,31,33)(H,32,34)/b25-17+,30-18+. The molecule has 1 heterocycles. The molecule has 0 atom stereocenters. The van der Waals surface area contributed by atoms with Gasteiger partial charge in [0.1, 0.15) is 11.4 Å². The Morgan fingerprint density at radius 3 is 2.41 bits per heavy atom. The molecular weight excluding hydrogens is 554 g/mol. The van der Waals surface area contributed by atoms with E-state index in [1.165, 1.54) is 17.6 Å². The highest BCUT2D eigenvalue weighted by Gasteiger charge is 2.14. The van der Waals surface area contributed by atoms with Crippen LogP contribution in [0.15, 0.2) is 112 Å². The lowest BCUT2D eigenvalue weighted by Crippen LogP contribution is -2.32. The lowest BCUT2D eigenvalue weighted by molar-refractivity contribution is -0.117. The number of benzene rings is 3. The number of hydrogen-bond donors (Lipinski definition) is 2. The Morgan fingerprint density at radius 2 is 1.65 bits per heavy atom. The molecule has 0 saturated heterocycles. The van der Waals surface area contributed by atoms with Gasteiger partial charge in [-0.15, -0.1) is 11.3 Å². The Bertz CT molecular complexity index is 1470. The molecule has 4 rings (SSSR count). The summed E-state index contributed by atoms with van der Waals surface area (Å²) in [5, 5.41) is 8.52. The Morgan fingerprint density at radius 1 is 0.865 bits per heavy atom. The molecule has 3 aromatic carbocycles. The molecule has 0 radical (unpaired) electrons. The fourth-order valence-electron chi connectivity index (χ4n) is 3.12. The number of ether oxygens (including phenoxy) is 1. The normalized spacial score (nSPS) is 11.2. The molecule has 0 bridgehead atoms. The number of esters is 1. The molecule has 9 heteroatoms. The van der Waals surface area contributed by atoms with E-state index in [1.807, 2.05) is 23.6 Å². The highest BCUT2D eigenvalue weighted by atomic mass is 79.9. The molecule has 0 aliphatic carbocycles. The first-order valence-electron chi connectivity index (χ1n) is 11.0. The van der Waals surface area contributed by atoms with Crippen LogP contribution in [0.4, 0.5) is 0 Å². The number of carbonyl (C=O) groups excluding carboxylic acids is 3. The zero-order valence-electron chi connectivity index (χ0n) is 19.3. The number of thiophene rings is 1. The number of halogens is 1. The molecular formula is C28H20BrN3O4S. The monoisotopic (exact) mass is 573 g/mol. The number of carbonyl (C=O) groups is 3. The van der Waals surface area contributed by atoms with Crippen LogP contribution in [0.5, 0.6) is 5.75 Å². The maximum atomic E-state index is 12.8. The van der Waals surface area contributed by atoms with Gasteiger partial charge in [-0.3, -0.25) is 9.59 Å². The summed E-state index contributed by atoms with van der Waals surface area (Å²) in [5.74, 6) is -1.18. The van der Waals surface area contributed by atoms with Gasteiger partial charge in [-0.1, -0.05) is 58.4 Å². The average molecular weight is 574 g/mol. The third-order valence-electron chi connectivity index (χ3n) is 4.87. The van der Waals surface area contributed by atoms with Gasteiger partial charge in [-0.05, 0) is 65.6 Å². The summed E-state index contributed by atoms with van der Waals surface area (Å²) in [4.78, 5) is 38.7. The minimum atomic E-state index is -0.592. The molecule has 37 heavy (non-hydrogen) atoms. The second-order valence-electron chi connectivity index (χ2n) is 7.57. The molecule has 0 unspecified atom stereocenters. The summed E-state index contributed by atoms with van der Waals surface area (Å²) in [7, 11) is 0. The van der Waals surface area contributed by atoms with E-state index in [1.54, 1.807) is 78.9 Å². The van der Waals surface area contributed by atoms with Crippen LogP contribution in [-0.4, -0.2) is 24.0 Å². The molecule has 7 nitrogen and oxygen atoms in total. The van der Waals surface area contributed by atoms with Crippen molar-refractivity contribution in [2.75, 3.05) is 0 Å². The van der Waals surface area contributed by atoms with E-state index >= 15 is 0 Å². The van der Waals surface area contributed by atoms with Crippen molar-refractivity contribution in [3.63, 3.8) is 0 Å². The highest BCUT2D eigenvalue weighted by molar-refractivity contribution is 9.10. The van der Waals surface area contributed by atoms with Gasteiger partial charge >= 0.3 is 5.97 Å². The maximum Gasteiger partial charge on any atom is 0.343 e. The van der Waals surface area contributed by atoms with Gasteiger partial charge in [0.2, 0.25) is 0 Å².